The summed E-state index contributed by atoms with van der Waals surface area (Å²) in [4.78, 5) is 11.8. The van der Waals surface area contributed by atoms with Crippen molar-refractivity contribution in [3.05, 3.63) is 42.0 Å². The zero-order chi connectivity index (χ0) is 11.9. The van der Waals surface area contributed by atoms with Crippen LogP contribution in [0.4, 0.5) is 0 Å². The summed E-state index contributed by atoms with van der Waals surface area (Å²) >= 11 is 0. The first-order chi connectivity index (χ1) is 8.36. The predicted molar refractivity (Wildman–Crippen MR) is 71.7 cm³/mol. The van der Waals surface area contributed by atoms with Crippen LogP contribution in [0.15, 0.2) is 36.4 Å². The number of Topliss-reactive ketones (excluding diaryl/α,β-unsaturated/α-hetero) is 1. The monoisotopic (exact) mass is 228 g/mol. The van der Waals surface area contributed by atoms with Crippen molar-refractivity contribution < 1.29 is 4.79 Å². The summed E-state index contributed by atoms with van der Waals surface area (Å²) in [5, 5.41) is 0. The molecule has 1 aromatic rings. The number of hydrogen-bond donors (Lipinski definition) is 0. The van der Waals surface area contributed by atoms with Crippen molar-refractivity contribution in [2.75, 3.05) is 0 Å². The fourth-order valence-corrected chi connectivity index (χ4v) is 2.41. The van der Waals surface area contributed by atoms with Crippen LogP contribution < -0.4 is 0 Å². The molecule has 1 heteroatoms. The molecule has 1 fully saturated rings. The molecule has 0 heterocycles. The molecule has 1 atom stereocenters. The summed E-state index contributed by atoms with van der Waals surface area (Å²) in [5.41, 5.74) is 1.22. The van der Waals surface area contributed by atoms with Crippen molar-refractivity contribution in [1.29, 1.82) is 0 Å². The molecule has 1 aliphatic carbocycles. The van der Waals surface area contributed by atoms with Gasteiger partial charge in [-0.25, -0.2) is 0 Å². The van der Waals surface area contributed by atoms with Gasteiger partial charge in [-0.15, -0.1) is 0 Å². The summed E-state index contributed by atoms with van der Waals surface area (Å²) in [6, 6.07) is 10.3. The molecule has 0 aromatic heterocycles. The molecular weight excluding hydrogens is 208 g/mol. The second kappa shape index (κ2) is 6.39. The molecule has 90 valence electrons. The first kappa shape index (κ1) is 12.1. The van der Waals surface area contributed by atoms with Gasteiger partial charge >= 0.3 is 0 Å². The molecule has 1 aromatic carbocycles. The average Bonchev–Trinajstić information content (AvgIpc) is 2.56. The van der Waals surface area contributed by atoms with Crippen LogP contribution in [0.1, 0.15) is 44.1 Å². The van der Waals surface area contributed by atoms with Gasteiger partial charge in [0.2, 0.25) is 0 Å². The average molecular weight is 228 g/mol. The van der Waals surface area contributed by atoms with Crippen LogP contribution >= 0.6 is 0 Å². The lowest BCUT2D eigenvalue weighted by atomic mass is 9.95. The number of carbonyl (C=O) groups excluding carboxylic acids is 1. The maximum absolute atomic E-state index is 11.8. The van der Waals surface area contributed by atoms with Crippen LogP contribution in [0.25, 0.3) is 6.08 Å². The van der Waals surface area contributed by atoms with Gasteiger partial charge in [-0.05, 0) is 24.8 Å². The third-order valence-electron chi connectivity index (χ3n) is 3.46. The third kappa shape index (κ3) is 3.85. The lowest BCUT2D eigenvalue weighted by Crippen LogP contribution is -2.11. The van der Waals surface area contributed by atoms with Gasteiger partial charge in [-0.1, -0.05) is 55.3 Å². The molecule has 1 nitrogen and oxygen atoms in total. The van der Waals surface area contributed by atoms with Crippen molar-refractivity contribution in [2.24, 2.45) is 5.92 Å². The molecule has 17 heavy (non-hydrogen) atoms. The molecular formula is C16H20O. The fraction of sp³-hybridized carbons (Fsp3) is 0.438. The second-order valence-corrected chi connectivity index (χ2v) is 4.81. The number of hydrogen-bond acceptors (Lipinski definition) is 1. The SMILES string of the molecule is O=C1CCCCC[C@H]1C/C=C/c1ccccc1. The highest BCUT2D eigenvalue weighted by Gasteiger charge is 2.18. The Hall–Kier alpha value is -1.37. The predicted octanol–water partition coefficient (Wildman–Crippen LogP) is 4.24. The van der Waals surface area contributed by atoms with Crippen molar-refractivity contribution in [2.45, 2.75) is 38.5 Å². The molecule has 0 radical (unpaired) electrons. The Morgan fingerprint density at radius 2 is 1.94 bits per heavy atom. The van der Waals surface area contributed by atoms with E-state index in [1.165, 1.54) is 18.4 Å². The molecule has 0 aliphatic heterocycles. The van der Waals surface area contributed by atoms with E-state index >= 15 is 0 Å². The quantitative estimate of drug-likeness (QED) is 0.707. The van der Waals surface area contributed by atoms with Gasteiger partial charge in [0.05, 0.1) is 0 Å². The van der Waals surface area contributed by atoms with Gasteiger partial charge in [-0.2, -0.15) is 0 Å². The van der Waals surface area contributed by atoms with E-state index in [2.05, 4.69) is 24.3 Å². The lowest BCUT2D eigenvalue weighted by molar-refractivity contribution is -0.122. The minimum atomic E-state index is 0.275. The Morgan fingerprint density at radius 1 is 1.12 bits per heavy atom. The molecule has 0 N–H and O–H groups in total. The van der Waals surface area contributed by atoms with E-state index in [4.69, 9.17) is 0 Å². The van der Waals surface area contributed by atoms with Crippen LogP contribution in [0, 0.1) is 5.92 Å². The lowest BCUT2D eigenvalue weighted by Gasteiger charge is -2.09. The largest absolute Gasteiger partial charge is 0.299 e. The third-order valence-corrected chi connectivity index (χ3v) is 3.46. The van der Waals surface area contributed by atoms with Crippen LogP contribution in [-0.4, -0.2) is 5.78 Å². The molecule has 2 rings (SSSR count). The van der Waals surface area contributed by atoms with Crippen LogP contribution in [0.3, 0.4) is 0 Å². The van der Waals surface area contributed by atoms with Crippen molar-refractivity contribution in [3.8, 4) is 0 Å². The number of allylic oxidation sites excluding steroid dienone is 1. The number of carbonyl (C=O) groups is 1. The molecule has 0 unspecified atom stereocenters. The maximum atomic E-state index is 11.8. The van der Waals surface area contributed by atoms with Crippen LogP contribution in [0.5, 0.6) is 0 Å². The minimum Gasteiger partial charge on any atom is -0.299 e. The summed E-state index contributed by atoms with van der Waals surface area (Å²) in [6.45, 7) is 0. The molecule has 0 saturated heterocycles. The standard InChI is InChI=1S/C16H20O/c17-16-13-6-2-5-11-15(16)12-7-10-14-8-3-1-4-9-14/h1,3-4,7-10,15H,2,5-6,11-13H2/b10-7+/t15-/m0/s1. The smallest absolute Gasteiger partial charge is 0.136 e. The highest BCUT2D eigenvalue weighted by molar-refractivity contribution is 5.81. The van der Waals surface area contributed by atoms with Gasteiger partial charge in [0.15, 0.2) is 0 Å². The maximum Gasteiger partial charge on any atom is 0.136 e. The van der Waals surface area contributed by atoms with E-state index in [9.17, 15) is 4.79 Å². The van der Waals surface area contributed by atoms with E-state index < -0.39 is 0 Å². The van der Waals surface area contributed by atoms with E-state index in [0.717, 1.165) is 25.7 Å². The topological polar surface area (TPSA) is 17.1 Å². The van der Waals surface area contributed by atoms with Gasteiger partial charge in [0, 0.05) is 12.3 Å². The summed E-state index contributed by atoms with van der Waals surface area (Å²) < 4.78 is 0. The molecule has 1 saturated carbocycles. The van der Waals surface area contributed by atoms with E-state index in [1.54, 1.807) is 0 Å². The van der Waals surface area contributed by atoms with E-state index in [-0.39, 0.29) is 5.92 Å². The Morgan fingerprint density at radius 3 is 2.76 bits per heavy atom. The Balaban J connectivity index is 1.88. The molecule has 0 bridgehead atoms. The summed E-state index contributed by atoms with van der Waals surface area (Å²) in [6.07, 6.45) is 10.6. The highest BCUT2D eigenvalue weighted by Crippen LogP contribution is 2.23. The number of benzene rings is 1. The van der Waals surface area contributed by atoms with Gasteiger partial charge in [0.25, 0.3) is 0 Å². The van der Waals surface area contributed by atoms with E-state index in [0.29, 0.717) is 5.78 Å². The van der Waals surface area contributed by atoms with Crippen molar-refractivity contribution >= 4 is 11.9 Å². The zero-order valence-electron chi connectivity index (χ0n) is 10.3. The van der Waals surface area contributed by atoms with Gasteiger partial charge < -0.3 is 0 Å². The fourth-order valence-electron chi connectivity index (χ4n) is 2.41. The first-order valence-electron chi connectivity index (χ1n) is 6.60. The van der Waals surface area contributed by atoms with Crippen molar-refractivity contribution in [3.63, 3.8) is 0 Å². The molecule has 1 aliphatic rings. The highest BCUT2D eigenvalue weighted by atomic mass is 16.1. The summed E-state index contributed by atoms with van der Waals surface area (Å²) in [7, 11) is 0. The Kier molecular flexibility index (Phi) is 4.54. The Bertz CT molecular complexity index is 378. The Labute approximate surface area is 104 Å². The second-order valence-electron chi connectivity index (χ2n) is 4.81. The van der Waals surface area contributed by atoms with E-state index in [1.807, 2.05) is 18.2 Å². The number of ketones is 1. The van der Waals surface area contributed by atoms with Crippen LogP contribution in [-0.2, 0) is 4.79 Å². The van der Waals surface area contributed by atoms with Gasteiger partial charge in [0.1, 0.15) is 5.78 Å². The minimum absolute atomic E-state index is 0.275. The van der Waals surface area contributed by atoms with Crippen LogP contribution in [0.2, 0.25) is 0 Å². The zero-order valence-corrected chi connectivity index (χ0v) is 10.3. The first-order valence-corrected chi connectivity index (χ1v) is 6.60. The normalized spacial score (nSPS) is 21.6. The molecule has 0 spiro atoms. The molecule has 0 amide bonds. The van der Waals surface area contributed by atoms with Gasteiger partial charge in [-0.3, -0.25) is 4.79 Å². The number of rotatable bonds is 3. The summed E-state index contributed by atoms with van der Waals surface area (Å²) in [5.74, 6) is 0.748. The van der Waals surface area contributed by atoms with Crippen molar-refractivity contribution in [1.82, 2.24) is 0 Å².